The molecular weight excluding hydrogens is 146 g/mol. The van der Waals surface area contributed by atoms with Gasteiger partial charge in [0.05, 0.1) is 5.57 Å². The van der Waals surface area contributed by atoms with Gasteiger partial charge in [-0.15, -0.1) is 0 Å². The van der Waals surface area contributed by atoms with Crippen molar-refractivity contribution in [1.29, 1.82) is 0 Å². The standard InChI is InChI=1S/C7H9NO3/c1-8-4-2-3-6(5-9)7(10)11/h2-5,8H,1H3,(H,10,11)/b4-2-,6-3+. The van der Waals surface area contributed by atoms with Crippen LogP contribution in [-0.2, 0) is 9.59 Å². The Kier molecular flexibility index (Phi) is 4.47. The molecule has 0 heterocycles. The van der Waals surface area contributed by atoms with Crippen LogP contribution in [0.4, 0.5) is 0 Å². The van der Waals surface area contributed by atoms with Gasteiger partial charge >= 0.3 is 5.97 Å². The molecular formula is C7H9NO3. The van der Waals surface area contributed by atoms with Crippen LogP contribution in [-0.4, -0.2) is 24.4 Å². The molecule has 60 valence electrons. The zero-order chi connectivity index (χ0) is 8.69. The van der Waals surface area contributed by atoms with Gasteiger partial charge in [-0.3, -0.25) is 4.79 Å². The van der Waals surface area contributed by atoms with Crippen LogP contribution >= 0.6 is 0 Å². The Morgan fingerprint density at radius 3 is 2.55 bits per heavy atom. The summed E-state index contributed by atoms with van der Waals surface area (Å²) in [5.74, 6) is -1.22. The van der Waals surface area contributed by atoms with Crippen molar-refractivity contribution in [2.75, 3.05) is 7.05 Å². The van der Waals surface area contributed by atoms with Crippen molar-refractivity contribution in [2.45, 2.75) is 0 Å². The molecule has 0 rings (SSSR count). The number of hydrogen-bond donors (Lipinski definition) is 2. The molecule has 0 radical (unpaired) electrons. The Morgan fingerprint density at radius 1 is 1.55 bits per heavy atom. The Morgan fingerprint density at radius 2 is 2.18 bits per heavy atom. The van der Waals surface area contributed by atoms with Crippen molar-refractivity contribution in [3.05, 3.63) is 23.9 Å². The summed E-state index contributed by atoms with van der Waals surface area (Å²) < 4.78 is 0. The first kappa shape index (κ1) is 9.42. The van der Waals surface area contributed by atoms with E-state index < -0.39 is 5.97 Å². The minimum atomic E-state index is -1.22. The highest BCUT2D eigenvalue weighted by Crippen LogP contribution is 1.89. The van der Waals surface area contributed by atoms with Gasteiger partial charge in [-0.05, 0) is 18.4 Å². The van der Waals surface area contributed by atoms with Crippen LogP contribution in [0.15, 0.2) is 23.9 Å². The van der Waals surface area contributed by atoms with Gasteiger partial charge < -0.3 is 10.4 Å². The van der Waals surface area contributed by atoms with Crippen LogP contribution in [0.1, 0.15) is 0 Å². The van der Waals surface area contributed by atoms with E-state index >= 15 is 0 Å². The van der Waals surface area contributed by atoms with Gasteiger partial charge in [0, 0.05) is 7.05 Å². The summed E-state index contributed by atoms with van der Waals surface area (Å²) in [6, 6.07) is 0. The zero-order valence-corrected chi connectivity index (χ0v) is 6.07. The summed E-state index contributed by atoms with van der Waals surface area (Å²) >= 11 is 0. The van der Waals surface area contributed by atoms with E-state index in [1.54, 1.807) is 7.05 Å². The van der Waals surface area contributed by atoms with Crippen LogP contribution < -0.4 is 5.32 Å². The van der Waals surface area contributed by atoms with Crippen molar-refractivity contribution in [3.8, 4) is 0 Å². The lowest BCUT2D eigenvalue weighted by Gasteiger charge is -1.86. The lowest BCUT2D eigenvalue weighted by molar-refractivity contribution is -0.133. The molecule has 0 bridgehead atoms. The molecule has 0 spiro atoms. The number of carbonyl (C=O) groups excluding carboxylic acids is 1. The summed E-state index contributed by atoms with van der Waals surface area (Å²) in [4.78, 5) is 20.2. The number of carboxylic acids is 1. The quantitative estimate of drug-likeness (QED) is 0.196. The number of nitrogens with one attached hydrogen (secondary N) is 1. The first-order chi connectivity index (χ1) is 5.22. The van der Waals surface area contributed by atoms with Crippen molar-refractivity contribution < 1.29 is 14.7 Å². The molecule has 0 aromatic carbocycles. The number of aliphatic carboxylic acids is 1. The van der Waals surface area contributed by atoms with Gasteiger partial charge in [-0.25, -0.2) is 4.79 Å². The molecule has 0 atom stereocenters. The van der Waals surface area contributed by atoms with Crippen molar-refractivity contribution in [3.63, 3.8) is 0 Å². The highest BCUT2D eigenvalue weighted by Gasteiger charge is 2.01. The third-order valence-corrected chi connectivity index (χ3v) is 0.913. The molecule has 0 aliphatic carbocycles. The Hall–Kier alpha value is -1.58. The molecule has 4 nitrogen and oxygen atoms in total. The van der Waals surface area contributed by atoms with Crippen LogP contribution in [0.5, 0.6) is 0 Å². The van der Waals surface area contributed by atoms with Gasteiger partial charge in [-0.1, -0.05) is 0 Å². The van der Waals surface area contributed by atoms with Crippen LogP contribution in [0, 0.1) is 0 Å². The second-order valence-corrected chi connectivity index (χ2v) is 1.69. The van der Waals surface area contributed by atoms with Crippen molar-refractivity contribution >= 4 is 12.3 Å². The molecule has 0 saturated carbocycles. The van der Waals surface area contributed by atoms with E-state index in [9.17, 15) is 9.59 Å². The van der Waals surface area contributed by atoms with Gasteiger partial charge in [-0.2, -0.15) is 0 Å². The zero-order valence-electron chi connectivity index (χ0n) is 6.07. The van der Waals surface area contributed by atoms with E-state index in [1.165, 1.54) is 18.4 Å². The minimum Gasteiger partial charge on any atom is -0.478 e. The number of hydrogen-bond acceptors (Lipinski definition) is 3. The topological polar surface area (TPSA) is 66.4 Å². The van der Waals surface area contributed by atoms with Crippen LogP contribution in [0.3, 0.4) is 0 Å². The minimum absolute atomic E-state index is 0.267. The first-order valence-electron chi connectivity index (χ1n) is 2.95. The number of allylic oxidation sites excluding steroid dienone is 2. The molecule has 4 heteroatoms. The third kappa shape index (κ3) is 3.91. The third-order valence-electron chi connectivity index (χ3n) is 0.913. The maximum Gasteiger partial charge on any atom is 0.339 e. The smallest absolute Gasteiger partial charge is 0.339 e. The number of rotatable bonds is 4. The lowest BCUT2D eigenvalue weighted by atomic mass is 10.3. The lowest BCUT2D eigenvalue weighted by Crippen LogP contribution is -2.00. The van der Waals surface area contributed by atoms with Crippen LogP contribution in [0.2, 0.25) is 0 Å². The summed E-state index contributed by atoms with van der Waals surface area (Å²) in [6.07, 6.45) is 4.47. The second kappa shape index (κ2) is 5.22. The summed E-state index contributed by atoms with van der Waals surface area (Å²) in [6.45, 7) is 0. The Bertz CT molecular complexity index is 206. The van der Waals surface area contributed by atoms with Crippen molar-refractivity contribution in [1.82, 2.24) is 5.32 Å². The predicted molar refractivity (Wildman–Crippen MR) is 40.0 cm³/mol. The molecule has 2 N–H and O–H groups in total. The highest BCUT2D eigenvalue weighted by atomic mass is 16.4. The normalized spacial score (nSPS) is 11.5. The fraction of sp³-hybridized carbons (Fsp3) is 0.143. The average Bonchev–Trinajstić information content (AvgIpc) is 1.97. The fourth-order valence-corrected chi connectivity index (χ4v) is 0.409. The van der Waals surface area contributed by atoms with E-state index in [-0.39, 0.29) is 5.57 Å². The molecule has 0 aliphatic rings. The second-order valence-electron chi connectivity index (χ2n) is 1.69. The molecule has 11 heavy (non-hydrogen) atoms. The van der Waals surface area contributed by atoms with Gasteiger partial charge in [0.25, 0.3) is 0 Å². The molecule has 0 amide bonds. The molecule has 0 unspecified atom stereocenters. The SMILES string of the molecule is CN/C=C\C=C(/C=O)C(=O)O. The largest absolute Gasteiger partial charge is 0.478 e. The predicted octanol–water partition coefficient (Wildman–Crippen LogP) is -0.0706. The van der Waals surface area contributed by atoms with E-state index in [0.717, 1.165) is 0 Å². The first-order valence-corrected chi connectivity index (χ1v) is 2.95. The maximum absolute atomic E-state index is 10.2. The van der Waals surface area contributed by atoms with Crippen LogP contribution in [0.25, 0.3) is 0 Å². The molecule has 0 aromatic heterocycles. The average molecular weight is 155 g/mol. The number of aldehydes is 1. The number of carbonyl (C=O) groups is 2. The van der Waals surface area contributed by atoms with E-state index in [2.05, 4.69) is 5.32 Å². The maximum atomic E-state index is 10.2. The van der Waals surface area contributed by atoms with Gasteiger partial charge in [0.15, 0.2) is 6.29 Å². The summed E-state index contributed by atoms with van der Waals surface area (Å²) in [5, 5.41) is 11.0. The van der Waals surface area contributed by atoms with E-state index in [0.29, 0.717) is 6.29 Å². The molecule has 0 aliphatic heterocycles. The Labute approximate surface area is 64.2 Å². The van der Waals surface area contributed by atoms with Gasteiger partial charge in [0.1, 0.15) is 0 Å². The van der Waals surface area contributed by atoms with Crippen molar-refractivity contribution in [2.24, 2.45) is 0 Å². The molecule has 0 saturated heterocycles. The summed E-state index contributed by atoms with van der Waals surface area (Å²) in [7, 11) is 1.67. The monoisotopic (exact) mass is 155 g/mol. The van der Waals surface area contributed by atoms with E-state index in [1.807, 2.05) is 0 Å². The van der Waals surface area contributed by atoms with E-state index in [4.69, 9.17) is 5.11 Å². The molecule has 0 fully saturated rings. The summed E-state index contributed by atoms with van der Waals surface area (Å²) in [5.41, 5.74) is -0.267. The number of carboxylic acid groups (broad SMARTS) is 1. The Balaban J connectivity index is 4.24. The molecule has 0 aromatic rings. The van der Waals surface area contributed by atoms with Gasteiger partial charge in [0.2, 0.25) is 0 Å². The highest BCUT2D eigenvalue weighted by molar-refractivity contribution is 6.06. The fourth-order valence-electron chi connectivity index (χ4n) is 0.409.